The van der Waals surface area contributed by atoms with Crippen LogP contribution in [0.2, 0.25) is 0 Å². The number of aromatic nitrogens is 2. The maximum atomic E-state index is 12.1. The molecule has 3 N–H and O–H groups in total. The summed E-state index contributed by atoms with van der Waals surface area (Å²) in [5.41, 5.74) is 0. The minimum atomic E-state index is -3.23. The molecule has 1 aliphatic rings. The Kier molecular flexibility index (Phi) is 8.23. The van der Waals surface area contributed by atoms with Crippen molar-refractivity contribution in [1.29, 1.82) is 0 Å². The molecular formula is C17H29N5O4S. The molecule has 0 aromatic carbocycles. The molecule has 2 rings (SSSR count). The highest BCUT2D eigenvalue weighted by atomic mass is 32.2. The summed E-state index contributed by atoms with van der Waals surface area (Å²) in [5, 5.41) is 9.92. The zero-order valence-electron chi connectivity index (χ0n) is 15.7. The first-order valence-electron chi connectivity index (χ1n) is 9.32. The van der Waals surface area contributed by atoms with E-state index in [2.05, 4.69) is 20.5 Å². The largest absolute Gasteiger partial charge is 0.355 e. The molecule has 0 radical (unpaired) electrons. The third-order valence-corrected chi connectivity index (χ3v) is 5.33. The fourth-order valence-electron chi connectivity index (χ4n) is 3.20. The third kappa shape index (κ3) is 8.53. The molecule has 152 valence electrons. The molecule has 1 aromatic heterocycles. The van der Waals surface area contributed by atoms with Crippen LogP contribution >= 0.6 is 0 Å². The van der Waals surface area contributed by atoms with Crippen LogP contribution < -0.4 is 15.4 Å². The molecule has 2 amide bonds. The SMILES string of the molecule is CS(=O)(=O)NCCNC(=O)C1CCC(NC(=O)CCCn2cccn2)CC1. The molecule has 0 atom stereocenters. The van der Waals surface area contributed by atoms with Gasteiger partial charge < -0.3 is 10.6 Å². The number of carbonyl (C=O) groups excluding carboxylic acids is 2. The molecule has 9 nitrogen and oxygen atoms in total. The average Bonchev–Trinajstić information content (AvgIpc) is 3.12. The summed E-state index contributed by atoms with van der Waals surface area (Å²) in [6, 6.07) is 1.98. The smallest absolute Gasteiger partial charge is 0.223 e. The van der Waals surface area contributed by atoms with Gasteiger partial charge in [-0.15, -0.1) is 0 Å². The monoisotopic (exact) mass is 399 g/mol. The van der Waals surface area contributed by atoms with Gasteiger partial charge in [0.1, 0.15) is 0 Å². The summed E-state index contributed by atoms with van der Waals surface area (Å²) in [5.74, 6) is -0.0765. The van der Waals surface area contributed by atoms with E-state index in [4.69, 9.17) is 0 Å². The molecule has 1 saturated carbocycles. The minimum absolute atomic E-state index is 0.0434. The lowest BCUT2D eigenvalue weighted by Crippen LogP contribution is -2.42. The number of rotatable bonds is 10. The van der Waals surface area contributed by atoms with E-state index in [0.29, 0.717) is 6.42 Å². The summed E-state index contributed by atoms with van der Waals surface area (Å²) < 4.78 is 26.1. The van der Waals surface area contributed by atoms with Gasteiger partial charge in [0.05, 0.1) is 6.26 Å². The maximum Gasteiger partial charge on any atom is 0.223 e. The molecule has 27 heavy (non-hydrogen) atoms. The number of carbonyl (C=O) groups is 2. The summed E-state index contributed by atoms with van der Waals surface area (Å²) in [7, 11) is -3.23. The van der Waals surface area contributed by atoms with Crippen LogP contribution in [0, 0.1) is 5.92 Å². The van der Waals surface area contributed by atoms with E-state index in [1.54, 1.807) is 6.20 Å². The Morgan fingerprint density at radius 3 is 2.56 bits per heavy atom. The number of amides is 2. The van der Waals surface area contributed by atoms with Gasteiger partial charge >= 0.3 is 0 Å². The second kappa shape index (κ2) is 10.4. The molecule has 0 aliphatic heterocycles. The lowest BCUT2D eigenvalue weighted by molar-refractivity contribution is -0.126. The summed E-state index contributed by atoms with van der Waals surface area (Å²) in [6.07, 6.45) is 8.91. The zero-order chi connectivity index (χ0) is 19.7. The van der Waals surface area contributed by atoms with Crippen molar-refractivity contribution in [3.8, 4) is 0 Å². The Morgan fingerprint density at radius 1 is 1.19 bits per heavy atom. The molecule has 1 aliphatic carbocycles. The van der Waals surface area contributed by atoms with E-state index >= 15 is 0 Å². The van der Waals surface area contributed by atoms with Crippen LogP contribution in [0.15, 0.2) is 18.5 Å². The lowest BCUT2D eigenvalue weighted by atomic mass is 9.85. The summed E-state index contributed by atoms with van der Waals surface area (Å²) in [4.78, 5) is 24.2. The highest BCUT2D eigenvalue weighted by Crippen LogP contribution is 2.24. The Labute approximate surface area is 160 Å². The van der Waals surface area contributed by atoms with Gasteiger partial charge in [-0.1, -0.05) is 0 Å². The van der Waals surface area contributed by atoms with E-state index < -0.39 is 10.0 Å². The number of aryl methyl sites for hydroxylation is 1. The van der Waals surface area contributed by atoms with Crippen LogP contribution in [0.25, 0.3) is 0 Å². The Balaban J connectivity index is 1.57. The first kappa shape index (κ1) is 21.4. The summed E-state index contributed by atoms with van der Waals surface area (Å²) in [6.45, 7) is 1.19. The van der Waals surface area contributed by atoms with Crippen molar-refractivity contribution in [2.45, 2.75) is 51.1 Å². The molecule has 10 heteroatoms. The number of hydrogen-bond donors (Lipinski definition) is 3. The van der Waals surface area contributed by atoms with Gasteiger partial charge in [-0.3, -0.25) is 14.3 Å². The lowest BCUT2D eigenvalue weighted by Gasteiger charge is -2.28. The fourth-order valence-corrected chi connectivity index (χ4v) is 3.67. The topological polar surface area (TPSA) is 122 Å². The molecule has 0 spiro atoms. The average molecular weight is 400 g/mol. The third-order valence-electron chi connectivity index (χ3n) is 4.60. The van der Waals surface area contributed by atoms with Crippen LogP contribution in [-0.4, -0.2) is 55.4 Å². The Morgan fingerprint density at radius 2 is 1.93 bits per heavy atom. The highest BCUT2D eigenvalue weighted by Gasteiger charge is 2.26. The van der Waals surface area contributed by atoms with Gasteiger partial charge in [0, 0.05) is 50.4 Å². The number of hydrogen-bond acceptors (Lipinski definition) is 5. The number of sulfonamides is 1. The predicted molar refractivity (Wildman–Crippen MR) is 101 cm³/mol. The molecule has 0 saturated heterocycles. The van der Waals surface area contributed by atoms with Crippen molar-refractivity contribution in [1.82, 2.24) is 25.1 Å². The molecule has 1 aromatic rings. The number of nitrogens with one attached hydrogen (secondary N) is 3. The predicted octanol–water partition coefficient (Wildman–Crippen LogP) is 0.00370. The van der Waals surface area contributed by atoms with Crippen molar-refractivity contribution >= 4 is 21.8 Å². The molecule has 0 unspecified atom stereocenters. The fraction of sp³-hybridized carbons (Fsp3) is 0.706. The van der Waals surface area contributed by atoms with Gasteiger partial charge in [0.25, 0.3) is 0 Å². The van der Waals surface area contributed by atoms with Crippen LogP contribution in [0.4, 0.5) is 0 Å². The first-order chi connectivity index (χ1) is 12.8. The maximum absolute atomic E-state index is 12.1. The standard InChI is InChI=1S/C17H29N5O4S/c1-27(25,26)20-11-10-18-17(24)14-5-7-15(8-6-14)21-16(23)4-2-12-22-13-3-9-19-22/h3,9,13-15,20H,2,4-8,10-12H2,1H3,(H,18,24)(H,21,23). The van der Waals surface area contributed by atoms with Crippen LogP contribution in [0.5, 0.6) is 0 Å². The Bertz CT molecular complexity index is 697. The highest BCUT2D eigenvalue weighted by molar-refractivity contribution is 7.88. The van der Waals surface area contributed by atoms with Crippen molar-refractivity contribution in [3.05, 3.63) is 18.5 Å². The first-order valence-corrected chi connectivity index (χ1v) is 11.2. The van der Waals surface area contributed by atoms with Gasteiger partial charge in [0.2, 0.25) is 21.8 Å². The van der Waals surface area contributed by atoms with Crippen LogP contribution in [-0.2, 0) is 26.2 Å². The normalized spacial score (nSPS) is 20.2. The van der Waals surface area contributed by atoms with Crippen LogP contribution in [0.1, 0.15) is 38.5 Å². The molecule has 1 heterocycles. The molecule has 0 bridgehead atoms. The van der Waals surface area contributed by atoms with Gasteiger partial charge in [-0.05, 0) is 38.2 Å². The summed E-state index contributed by atoms with van der Waals surface area (Å²) >= 11 is 0. The quantitative estimate of drug-likeness (QED) is 0.478. The van der Waals surface area contributed by atoms with E-state index in [1.165, 1.54) is 0 Å². The second-order valence-corrected chi connectivity index (χ2v) is 8.78. The molecular weight excluding hydrogens is 370 g/mol. The van der Waals surface area contributed by atoms with Gasteiger partial charge in [-0.25, -0.2) is 13.1 Å². The number of nitrogens with zero attached hydrogens (tertiary/aromatic N) is 2. The Hall–Kier alpha value is -1.94. The van der Waals surface area contributed by atoms with Gasteiger partial charge in [0.15, 0.2) is 0 Å². The van der Waals surface area contributed by atoms with Crippen molar-refractivity contribution in [2.24, 2.45) is 5.92 Å². The van der Waals surface area contributed by atoms with Crippen LogP contribution in [0.3, 0.4) is 0 Å². The van der Waals surface area contributed by atoms with E-state index in [-0.39, 0.29) is 36.9 Å². The van der Waals surface area contributed by atoms with Crippen molar-refractivity contribution in [2.75, 3.05) is 19.3 Å². The zero-order valence-corrected chi connectivity index (χ0v) is 16.5. The van der Waals surface area contributed by atoms with E-state index in [0.717, 1.165) is 44.9 Å². The van der Waals surface area contributed by atoms with Crippen molar-refractivity contribution < 1.29 is 18.0 Å². The van der Waals surface area contributed by atoms with E-state index in [9.17, 15) is 18.0 Å². The molecule has 1 fully saturated rings. The van der Waals surface area contributed by atoms with Gasteiger partial charge in [-0.2, -0.15) is 5.10 Å². The minimum Gasteiger partial charge on any atom is -0.355 e. The second-order valence-electron chi connectivity index (χ2n) is 6.95. The van der Waals surface area contributed by atoms with Crippen molar-refractivity contribution in [3.63, 3.8) is 0 Å². The van der Waals surface area contributed by atoms with E-state index in [1.807, 2.05) is 16.9 Å².